The van der Waals surface area contributed by atoms with Crippen LogP contribution in [0.25, 0.3) is 0 Å². The van der Waals surface area contributed by atoms with Gasteiger partial charge in [-0.05, 0) is 73.6 Å². The van der Waals surface area contributed by atoms with Gasteiger partial charge in [-0.2, -0.15) is 11.8 Å². The highest BCUT2D eigenvalue weighted by atomic mass is 32.2. The highest BCUT2D eigenvalue weighted by molar-refractivity contribution is 7.99. The first-order valence-electron chi connectivity index (χ1n) is 8.47. The fourth-order valence-electron chi connectivity index (χ4n) is 3.64. The van der Waals surface area contributed by atoms with Crippen LogP contribution in [0.3, 0.4) is 0 Å². The molecule has 0 spiro atoms. The summed E-state index contributed by atoms with van der Waals surface area (Å²) in [6.07, 6.45) is 6.58. The predicted octanol–water partition coefficient (Wildman–Crippen LogP) is 3.27. The van der Waals surface area contributed by atoms with Crippen molar-refractivity contribution in [3.8, 4) is 5.75 Å². The maximum atomic E-state index is 10.6. The molecule has 0 aromatic heterocycles. The molecule has 22 heavy (non-hydrogen) atoms. The van der Waals surface area contributed by atoms with E-state index in [1.54, 1.807) is 12.1 Å². The maximum absolute atomic E-state index is 10.6. The maximum Gasteiger partial charge on any atom is 0.115 e. The van der Waals surface area contributed by atoms with Crippen molar-refractivity contribution in [3.05, 3.63) is 29.8 Å². The minimum absolute atomic E-state index is 0.345. The Morgan fingerprint density at radius 1 is 1.05 bits per heavy atom. The predicted molar refractivity (Wildman–Crippen MR) is 92.6 cm³/mol. The molecule has 1 aliphatic carbocycles. The molecule has 0 radical (unpaired) electrons. The number of rotatable bonds is 4. The molecule has 1 aromatic carbocycles. The molecule has 4 heteroatoms. The fourth-order valence-corrected chi connectivity index (χ4v) is 4.89. The molecule has 1 aliphatic heterocycles. The number of phenolic OH excluding ortho intramolecular Hbond substituents is 1. The van der Waals surface area contributed by atoms with Gasteiger partial charge in [-0.3, -0.25) is 0 Å². The van der Waals surface area contributed by atoms with Gasteiger partial charge in [-0.1, -0.05) is 12.1 Å². The quantitative estimate of drug-likeness (QED) is 0.797. The molecule has 2 fully saturated rings. The van der Waals surface area contributed by atoms with Crippen LogP contribution >= 0.6 is 11.8 Å². The number of hydrogen-bond donors (Lipinski definition) is 3. The molecular weight excluding hydrogens is 294 g/mol. The van der Waals surface area contributed by atoms with Crippen molar-refractivity contribution >= 4 is 11.8 Å². The van der Waals surface area contributed by atoms with E-state index in [0.717, 1.165) is 30.9 Å². The van der Waals surface area contributed by atoms with Crippen LogP contribution in [0.15, 0.2) is 24.3 Å². The van der Waals surface area contributed by atoms with Gasteiger partial charge in [0.15, 0.2) is 0 Å². The summed E-state index contributed by atoms with van der Waals surface area (Å²) < 4.78 is 0. The van der Waals surface area contributed by atoms with Crippen LogP contribution in [0.1, 0.15) is 50.0 Å². The van der Waals surface area contributed by atoms with Crippen LogP contribution < -0.4 is 5.32 Å². The molecule has 3 nitrogen and oxygen atoms in total. The van der Waals surface area contributed by atoms with Crippen molar-refractivity contribution in [2.45, 2.75) is 56.1 Å². The van der Waals surface area contributed by atoms with Crippen molar-refractivity contribution in [2.75, 3.05) is 18.1 Å². The number of phenols is 1. The minimum Gasteiger partial charge on any atom is -0.508 e. The van der Waals surface area contributed by atoms with E-state index < -0.39 is 5.60 Å². The molecule has 1 aromatic rings. The molecule has 1 heterocycles. The van der Waals surface area contributed by atoms with Crippen molar-refractivity contribution in [1.29, 1.82) is 0 Å². The monoisotopic (exact) mass is 321 g/mol. The summed E-state index contributed by atoms with van der Waals surface area (Å²) in [6.45, 7) is 0.752. The third-order valence-electron chi connectivity index (χ3n) is 5.23. The third kappa shape index (κ3) is 4.18. The molecule has 3 N–H and O–H groups in total. The number of aliphatic hydroxyl groups is 1. The summed E-state index contributed by atoms with van der Waals surface area (Å²) in [6, 6.07) is 8.23. The Labute approximate surface area is 137 Å². The Morgan fingerprint density at radius 2 is 1.68 bits per heavy atom. The Balaban J connectivity index is 1.44. The van der Waals surface area contributed by atoms with Crippen molar-refractivity contribution in [3.63, 3.8) is 0 Å². The van der Waals surface area contributed by atoms with Gasteiger partial charge < -0.3 is 15.5 Å². The number of aromatic hydroxyl groups is 1. The summed E-state index contributed by atoms with van der Waals surface area (Å²) in [5, 5.41) is 23.6. The van der Waals surface area contributed by atoms with E-state index in [0.29, 0.717) is 17.7 Å². The van der Waals surface area contributed by atoms with Crippen LogP contribution in [-0.2, 0) is 0 Å². The first-order valence-corrected chi connectivity index (χ1v) is 9.63. The summed E-state index contributed by atoms with van der Waals surface area (Å²) in [5.41, 5.74) is 0.873. The van der Waals surface area contributed by atoms with Crippen LogP contribution in [0.5, 0.6) is 5.75 Å². The van der Waals surface area contributed by atoms with E-state index in [1.165, 1.54) is 31.2 Å². The number of nitrogens with one attached hydrogen (secondary N) is 1. The highest BCUT2D eigenvalue weighted by Gasteiger charge is 2.31. The SMILES string of the molecule is Oc1ccc(C2CCC(NCC3(O)CCSCC3)CC2)cc1. The first kappa shape index (κ1) is 16.2. The zero-order valence-electron chi connectivity index (χ0n) is 13.1. The van der Waals surface area contributed by atoms with E-state index in [1.807, 2.05) is 11.8 Å². The van der Waals surface area contributed by atoms with E-state index in [9.17, 15) is 10.2 Å². The molecule has 122 valence electrons. The molecule has 3 rings (SSSR count). The van der Waals surface area contributed by atoms with Gasteiger partial charge >= 0.3 is 0 Å². The second-order valence-electron chi connectivity index (χ2n) is 6.86. The molecular formula is C18H27NO2S. The van der Waals surface area contributed by atoms with Gasteiger partial charge in [0.1, 0.15) is 5.75 Å². The van der Waals surface area contributed by atoms with Gasteiger partial charge in [0, 0.05) is 12.6 Å². The van der Waals surface area contributed by atoms with Crippen molar-refractivity contribution in [2.24, 2.45) is 0 Å². The van der Waals surface area contributed by atoms with Crippen molar-refractivity contribution < 1.29 is 10.2 Å². The average molecular weight is 321 g/mol. The zero-order chi connectivity index (χ0) is 15.4. The molecule has 0 bridgehead atoms. The second kappa shape index (κ2) is 7.24. The van der Waals surface area contributed by atoms with E-state index in [4.69, 9.17) is 0 Å². The second-order valence-corrected chi connectivity index (χ2v) is 8.08. The molecule has 0 atom stereocenters. The first-order chi connectivity index (χ1) is 10.6. The minimum atomic E-state index is -0.473. The number of hydrogen-bond acceptors (Lipinski definition) is 4. The third-order valence-corrected chi connectivity index (χ3v) is 6.22. The molecule has 0 amide bonds. The van der Waals surface area contributed by atoms with Crippen LogP contribution in [0.2, 0.25) is 0 Å². The van der Waals surface area contributed by atoms with Gasteiger partial charge in [-0.25, -0.2) is 0 Å². The van der Waals surface area contributed by atoms with Gasteiger partial charge in [0.25, 0.3) is 0 Å². The van der Waals surface area contributed by atoms with E-state index in [2.05, 4.69) is 17.4 Å². The van der Waals surface area contributed by atoms with Gasteiger partial charge in [0.2, 0.25) is 0 Å². The molecule has 1 saturated carbocycles. The lowest BCUT2D eigenvalue weighted by molar-refractivity contribution is 0.0282. The lowest BCUT2D eigenvalue weighted by Crippen LogP contribution is -2.47. The lowest BCUT2D eigenvalue weighted by atomic mass is 9.81. The van der Waals surface area contributed by atoms with E-state index >= 15 is 0 Å². The summed E-state index contributed by atoms with van der Waals surface area (Å²) in [5.74, 6) is 3.14. The van der Waals surface area contributed by atoms with Gasteiger partial charge in [-0.15, -0.1) is 0 Å². The molecule has 1 saturated heterocycles. The Kier molecular flexibility index (Phi) is 5.32. The van der Waals surface area contributed by atoms with Crippen LogP contribution in [-0.4, -0.2) is 39.9 Å². The summed E-state index contributed by atoms with van der Waals surface area (Å²) >= 11 is 1.95. The molecule has 0 unspecified atom stereocenters. The van der Waals surface area contributed by atoms with Crippen LogP contribution in [0, 0.1) is 0 Å². The number of benzene rings is 1. The summed E-state index contributed by atoms with van der Waals surface area (Å²) in [7, 11) is 0. The zero-order valence-corrected chi connectivity index (χ0v) is 13.9. The van der Waals surface area contributed by atoms with E-state index in [-0.39, 0.29) is 0 Å². The normalized spacial score (nSPS) is 28.4. The summed E-state index contributed by atoms with van der Waals surface area (Å²) in [4.78, 5) is 0. The largest absolute Gasteiger partial charge is 0.508 e. The highest BCUT2D eigenvalue weighted by Crippen LogP contribution is 2.34. The number of thioether (sulfide) groups is 1. The Morgan fingerprint density at radius 3 is 2.32 bits per heavy atom. The standard InChI is InChI=1S/C18H27NO2S/c20-17-7-3-15(4-8-17)14-1-5-16(6-2-14)19-13-18(21)9-11-22-12-10-18/h3-4,7-8,14,16,19-21H,1-2,5-6,9-13H2. The van der Waals surface area contributed by atoms with Gasteiger partial charge in [0.05, 0.1) is 5.60 Å². The Hall–Kier alpha value is -0.710. The van der Waals surface area contributed by atoms with Crippen molar-refractivity contribution in [1.82, 2.24) is 5.32 Å². The molecule has 2 aliphatic rings. The average Bonchev–Trinajstić information content (AvgIpc) is 2.55. The smallest absolute Gasteiger partial charge is 0.115 e. The van der Waals surface area contributed by atoms with Crippen LogP contribution in [0.4, 0.5) is 0 Å². The fraction of sp³-hybridized carbons (Fsp3) is 0.667. The lowest BCUT2D eigenvalue weighted by Gasteiger charge is -2.35. The Bertz CT molecular complexity index is 462. The topological polar surface area (TPSA) is 52.5 Å².